The molecule has 6 heteroatoms. The third kappa shape index (κ3) is 3.32. The first-order chi connectivity index (χ1) is 13.1. The average molecular weight is 386 g/mol. The summed E-state index contributed by atoms with van der Waals surface area (Å²) in [7, 11) is 1.98. The van der Waals surface area contributed by atoms with Crippen LogP contribution in [0.4, 0.5) is 4.39 Å². The molecule has 1 unspecified atom stereocenters. The van der Waals surface area contributed by atoms with Crippen LogP contribution in [0.2, 0.25) is 5.02 Å². The lowest BCUT2D eigenvalue weighted by molar-refractivity contribution is -0.134. The van der Waals surface area contributed by atoms with Gasteiger partial charge in [-0.2, -0.15) is 0 Å². The van der Waals surface area contributed by atoms with Crippen LogP contribution in [0.1, 0.15) is 36.7 Å². The highest BCUT2D eigenvalue weighted by Crippen LogP contribution is 2.33. The molecular formula is C21H21ClFN3O. The molecule has 4 rings (SSSR count). The van der Waals surface area contributed by atoms with Gasteiger partial charge in [-0.15, -0.1) is 0 Å². The number of amides is 1. The number of carbonyl (C=O) groups excluding carboxylic acids is 1. The van der Waals surface area contributed by atoms with E-state index in [1.165, 1.54) is 6.07 Å². The second-order valence-electron chi connectivity index (χ2n) is 6.99. The van der Waals surface area contributed by atoms with Crippen molar-refractivity contribution in [2.45, 2.75) is 31.7 Å². The van der Waals surface area contributed by atoms with Gasteiger partial charge < -0.3 is 9.47 Å². The molecule has 0 radical (unpaired) electrons. The second-order valence-corrected chi connectivity index (χ2v) is 7.40. The Morgan fingerprint density at radius 3 is 2.81 bits per heavy atom. The maximum atomic E-state index is 14.1. The van der Waals surface area contributed by atoms with Gasteiger partial charge in [-0.25, -0.2) is 9.37 Å². The molecule has 1 atom stereocenters. The molecule has 1 amide bonds. The van der Waals surface area contributed by atoms with Crippen molar-refractivity contribution in [3.8, 4) is 0 Å². The van der Waals surface area contributed by atoms with Crippen molar-refractivity contribution in [3.05, 3.63) is 64.7 Å². The summed E-state index contributed by atoms with van der Waals surface area (Å²) in [5, 5.41) is 0.291. The molecule has 4 nitrogen and oxygen atoms in total. The smallest absolute Gasteiger partial charge is 0.227 e. The number of hydrogen-bond acceptors (Lipinski definition) is 2. The van der Waals surface area contributed by atoms with Gasteiger partial charge in [0.15, 0.2) is 0 Å². The number of para-hydroxylation sites is 2. The van der Waals surface area contributed by atoms with Crippen molar-refractivity contribution in [1.29, 1.82) is 0 Å². The van der Waals surface area contributed by atoms with E-state index in [1.54, 1.807) is 12.1 Å². The Hall–Kier alpha value is -2.40. The SMILES string of the molecule is Cn1c(C2CCCCN2C(=O)Cc2c(F)cccc2Cl)nc2ccccc21. The molecule has 0 saturated carbocycles. The van der Waals surface area contributed by atoms with E-state index in [2.05, 4.69) is 4.57 Å². The van der Waals surface area contributed by atoms with Crippen LogP contribution in [0, 0.1) is 5.82 Å². The van der Waals surface area contributed by atoms with Crippen molar-refractivity contribution >= 4 is 28.5 Å². The molecule has 27 heavy (non-hydrogen) atoms. The first-order valence-electron chi connectivity index (χ1n) is 9.20. The molecule has 3 aromatic rings. The van der Waals surface area contributed by atoms with Crippen LogP contribution in [0.5, 0.6) is 0 Å². The van der Waals surface area contributed by atoms with Gasteiger partial charge in [0, 0.05) is 24.2 Å². The van der Waals surface area contributed by atoms with E-state index in [0.717, 1.165) is 36.1 Å². The van der Waals surface area contributed by atoms with Gasteiger partial charge in [-0.1, -0.05) is 29.8 Å². The van der Waals surface area contributed by atoms with Gasteiger partial charge in [-0.05, 0) is 43.5 Å². The Labute approximate surface area is 162 Å². The van der Waals surface area contributed by atoms with Crippen LogP contribution in [0.15, 0.2) is 42.5 Å². The fraction of sp³-hybridized carbons (Fsp3) is 0.333. The van der Waals surface area contributed by atoms with E-state index in [4.69, 9.17) is 16.6 Å². The van der Waals surface area contributed by atoms with Crippen molar-refractivity contribution in [2.75, 3.05) is 6.54 Å². The van der Waals surface area contributed by atoms with Crippen molar-refractivity contribution in [1.82, 2.24) is 14.5 Å². The Bertz CT molecular complexity index is 980. The number of piperidine rings is 1. The molecule has 1 saturated heterocycles. The fourth-order valence-electron chi connectivity index (χ4n) is 3.91. The van der Waals surface area contributed by atoms with E-state index >= 15 is 0 Å². The number of nitrogens with zero attached hydrogens (tertiary/aromatic N) is 3. The van der Waals surface area contributed by atoms with E-state index in [-0.39, 0.29) is 23.9 Å². The summed E-state index contributed by atoms with van der Waals surface area (Å²) < 4.78 is 16.2. The molecule has 0 bridgehead atoms. The van der Waals surface area contributed by atoms with Crippen molar-refractivity contribution < 1.29 is 9.18 Å². The summed E-state index contributed by atoms with van der Waals surface area (Å²) in [4.78, 5) is 19.7. The largest absolute Gasteiger partial charge is 0.332 e. The highest BCUT2D eigenvalue weighted by Gasteiger charge is 2.31. The predicted molar refractivity (Wildman–Crippen MR) is 104 cm³/mol. The maximum Gasteiger partial charge on any atom is 0.227 e. The molecule has 0 aliphatic carbocycles. The zero-order chi connectivity index (χ0) is 19.0. The molecule has 140 valence electrons. The highest BCUT2D eigenvalue weighted by atomic mass is 35.5. The molecule has 2 aromatic carbocycles. The average Bonchev–Trinajstić information content (AvgIpc) is 3.01. The molecule has 1 fully saturated rings. The Kier molecular flexibility index (Phi) is 4.87. The van der Waals surface area contributed by atoms with Crippen LogP contribution in [0.25, 0.3) is 11.0 Å². The number of benzene rings is 2. The quantitative estimate of drug-likeness (QED) is 0.657. The monoisotopic (exact) mass is 385 g/mol. The van der Waals surface area contributed by atoms with Gasteiger partial charge in [0.1, 0.15) is 11.6 Å². The first kappa shape index (κ1) is 18.0. The van der Waals surface area contributed by atoms with Gasteiger partial charge in [0.2, 0.25) is 5.91 Å². The third-order valence-electron chi connectivity index (χ3n) is 5.33. The minimum absolute atomic E-state index is 0.0358. The van der Waals surface area contributed by atoms with Crippen LogP contribution >= 0.6 is 11.6 Å². The van der Waals surface area contributed by atoms with Gasteiger partial charge in [-0.3, -0.25) is 4.79 Å². The lowest BCUT2D eigenvalue weighted by atomic mass is 10.00. The zero-order valence-corrected chi connectivity index (χ0v) is 15.9. The number of carbonyl (C=O) groups is 1. The van der Waals surface area contributed by atoms with E-state index in [0.29, 0.717) is 11.6 Å². The standard InChI is InChI=1S/C21H21ClFN3O/c1-25-18-10-3-2-9-17(18)24-21(25)19-11-4-5-12-26(19)20(27)13-14-15(22)7-6-8-16(14)23/h2-3,6-10,19H,4-5,11-13H2,1H3. The van der Waals surface area contributed by atoms with Crippen LogP contribution in [-0.2, 0) is 18.3 Å². The van der Waals surface area contributed by atoms with Crippen LogP contribution in [0.3, 0.4) is 0 Å². The normalized spacial score (nSPS) is 17.4. The molecule has 1 aliphatic heterocycles. The lowest BCUT2D eigenvalue weighted by Crippen LogP contribution is -2.40. The number of likely N-dealkylation sites (tertiary alicyclic amines) is 1. The number of halogens is 2. The second kappa shape index (κ2) is 7.31. The molecular weight excluding hydrogens is 365 g/mol. The highest BCUT2D eigenvalue weighted by molar-refractivity contribution is 6.31. The summed E-state index contributed by atoms with van der Waals surface area (Å²) in [6, 6.07) is 12.4. The Morgan fingerprint density at radius 2 is 2.04 bits per heavy atom. The zero-order valence-electron chi connectivity index (χ0n) is 15.2. The Balaban J connectivity index is 1.66. The number of hydrogen-bond donors (Lipinski definition) is 0. The summed E-state index contributed by atoms with van der Waals surface area (Å²) in [5.74, 6) is 0.328. The van der Waals surface area contributed by atoms with Crippen molar-refractivity contribution in [2.24, 2.45) is 7.05 Å². The molecule has 1 aromatic heterocycles. The summed E-state index contributed by atoms with van der Waals surface area (Å²) in [6.45, 7) is 0.652. The lowest BCUT2D eigenvalue weighted by Gasteiger charge is -2.35. The van der Waals surface area contributed by atoms with Crippen LogP contribution in [-0.4, -0.2) is 26.9 Å². The first-order valence-corrected chi connectivity index (χ1v) is 9.58. The van der Waals surface area contributed by atoms with Crippen molar-refractivity contribution in [3.63, 3.8) is 0 Å². The fourth-order valence-corrected chi connectivity index (χ4v) is 4.14. The topological polar surface area (TPSA) is 38.1 Å². The van der Waals surface area contributed by atoms with E-state index in [1.807, 2.05) is 36.2 Å². The molecule has 0 spiro atoms. The number of aromatic nitrogens is 2. The van der Waals surface area contributed by atoms with Gasteiger partial charge >= 0.3 is 0 Å². The summed E-state index contributed by atoms with van der Waals surface area (Å²) in [6.07, 6.45) is 2.80. The molecule has 2 heterocycles. The summed E-state index contributed by atoms with van der Waals surface area (Å²) in [5.41, 5.74) is 2.23. The third-order valence-corrected chi connectivity index (χ3v) is 5.69. The number of imidazole rings is 1. The van der Waals surface area contributed by atoms with Crippen LogP contribution < -0.4 is 0 Å². The minimum Gasteiger partial charge on any atom is -0.332 e. The Morgan fingerprint density at radius 1 is 1.22 bits per heavy atom. The minimum atomic E-state index is -0.438. The predicted octanol–water partition coefficient (Wildman–Crippen LogP) is 4.66. The molecule has 0 N–H and O–H groups in total. The molecule has 1 aliphatic rings. The maximum absolute atomic E-state index is 14.1. The van der Waals surface area contributed by atoms with Gasteiger partial charge in [0.25, 0.3) is 0 Å². The number of aryl methyl sites for hydroxylation is 1. The van der Waals surface area contributed by atoms with E-state index < -0.39 is 5.82 Å². The number of fused-ring (bicyclic) bond motifs is 1. The summed E-state index contributed by atoms with van der Waals surface area (Å²) >= 11 is 6.12. The van der Waals surface area contributed by atoms with E-state index in [9.17, 15) is 9.18 Å². The number of rotatable bonds is 3. The van der Waals surface area contributed by atoms with Gasteiger partial charge in [0.05, 0.1) is 23.5 Å².